The van der Waals surface area contributed by atoms with Crippen LogP contribution in [-0.4, -0.2) is 0 Å². The minimum Gasteiger partial charge on any atom is -0.245 e. The fraction of sp³-hybridized carbons (Fsp3) is 0.143. The monoisotopic (exact) mass is 197 g/mol. The molecule has 0 aliphatic carbocycles. The average Bonchev–Trinajstić information content (AvgIpc) is 1.69. The second-order valence-corrected chi connectivity index (χ2v) is 1.18. The molecule has 0 unspecified atom stereocenters. The van der Waals surface area contributed by atoms with Crippen molar-refractivity contribution in [3.05, 3.63) is 31.7 Å². The molecular formula is C7H10NY-. The molecule has 0 rings (SSSR count). The van der Waals surface area contributed by atoms with Gasteiger partial charge >= 0.3 is 0 Å². The molecule has 0 fully saturated rings. The standard InChI is InChI=1S/C4H5N.C3H5.Y/c1-4(2)3-5;1-3-2;/h1H2,2H3;3H,1-2H2;/q;-1;. The van der Waals surface area contributed by atoms with E-state index in [-0.39, 0.29) is 32.7 Å². The van der Waals surface area contributed by atoms with Crippen molar-refractivity contribution in [1.82, 2.24) is 0 Å². The summed E-state index contributed by atoms with van der Waals surface area (Å²) in [6.45, 7) is 11.5. The summed E-state index contributed by atoms with van der Waals surface area (Å²) in [6.07, 6.45) is 1.50. The zero-order valence-corrected chi connectivity index (χ0v) is 8.56. The summed E-state index contributed by atoms with van der Waals surface area (Å²) in [4.78, 5) is 0. The Morgan fingerprint density at radius 2 is 1.89 bits per heavy atom. The summed E-state index contributed by atoms with van der Waals surface area (Å²) in [5, 5.41) is 7.79. The maximum atomic E-state index is 7.79. The molecule has 0 saturated heterocycles. The van der Waals surface area contributed by atoms with Gasteiger partial charge in [-0.15, -0.1) is 0 Å². The van der Waals surface area contributed by atoms with Crippen LogP contribution in [0.4, 0.5) is 0 Å². The van der Waals surface area contributed by atoms with Gasteiger partial charge in [0.15, 0.2) is 0 Å². The van der Waals surface area contributed by atoms with Crippen LogP contribution in [0, 0.1) is 18.3 Å². The summed E-state index contributed by atoms with van der Waals surface area (Å²) in [6, 6.07) is 1.83. The van der Waals surface area contributed by atoms with Gasteiger partial charge in [-0.2, -0.15) is 5.26 Å². The molecule has 47 valence electrons. The van der Waals surface area contributed by atoms with Crippen molar-refractivity contribution in [2.75, 3.05) is 0 Å². The first kappa shape index (κ1) is 16.0. The normalized spacial score (nSPS) is 4.44. The Hall–Kier alpha value is -0.0561. The van der Waals surface area contributed by atoms with Gasteiger partial charge in [-0.25, -0.2) is 19.6 Å². The summed E-state index contributed by atoms with van der Waals surface area (Å²) in [5.74, 6) is 0. The van der Waals surface area contributed by atoms with Gasteiger partial charge in [-0.3, -0.25) is 0 Å². The van der Waals surface area contributed by atoms with Crippen LogP contribution in [0.25, 0.3) is 0 Å². The molecule has 0 aromatic carbocycles. The van der Waals surface area contributed by atoms with E-state index in [1.807, 2.05) is 6.07 Å². The maximum absolute atomic E-state index is 7.79. The third-order valence-electron chi connectivity index (χ3n) is 0.191. The predicted octanol–water partition coefficient (Wildman–Crippen LogP) is 2.09. The Morgan fingerprint density at radius 3 is 1.89 bits per heavy atom. The van der Waals surface area contributed by atoms with Crippen molar-refractivity contribution in [3.63, 3.8) is 0 Å². The molecule has 0 aliphatic rings. The number of hydrogen-bond donors (Lipinski definition) is 0. The predicted molar refractivity (Wildman–Crippen MR) is 36.0 cm³/mol. The molecule has 0 amide bonds. The Kier molecular flexibility index (Phi) is 27.8. The smallest absolute Gasteiger partial charge is 0.0937 e. The first-order valence-corrected chi connectivity index (χ1v) is 2.14. The summed E-state index contributed by atoms with van der Waals surface area (Å²) in [7, 11) is 0. The van der Waals surface area contributed by atoms with Crippen molar-refractivity contribution in [2.45, 2.75) is 6.92 Å². The minimum absolute atomic E-state index is 0. The molecule has 0 saturated carbocycles. The summed E-state index contributed by atoms with van der Waals surface area (Å²) >= 11 is 0. The van der Waals surface area contributed by atoms with Crippen LogP contribution in [0.15, 0.2) is 24.8 Å². The Bertz CT molecular complexity index is 111. The van der Waals surface area contributed by atoms with Crippen molar-refractivity contribution < 1.29 is 32.7 Å². The molecule has 0 aromatic heterocycles. The fourth-order valence-corrected chi connectivity index (χ4v) is 0. The van der Waals surface area contributed by atoms with E-state index in [9.17, 15) is 0 Å². The van der Waals surface area contributed by atoms with Crippen LogP contribution in [-0.2, 0) is 32.7 Å². The van der Waals surface area contributed by atoms with Crippen LogP contribution < -0.4 is 0 Å². The molecule has 0 atom stereocenters. The molecule has 1 nitrogen and oxygen atoms in total. The molecule has 0 heterocycles. The minimum atomic E-state index is 0. The SMILES string of the molecule is C=C(C)C#N.C=C[CH2-].[Y]. The summed E-state index contributed by atoms with van der Waals surface area (Å²) in [5.41, 5.74) is 0.560. The first-order valence-electron chi connectivity index (χ1n) is 2.14. The van der Waals surface area contributed by atoms with Crippen LogP contribution in [0.3, 0.4) is 0 Å². The number of rotatable bonds is 0. The maximum Gasteiger partial charge on any atom is 0.0937 e. The van der Waals surface area contributed by atoms with E-state index in [1.165, 1.54) is 6.08 Å². The van der Waals surface area contributed by atoms with E-state index in [4.69, 9.17) is 5.26 Å². The second kappa shape index (κ2) is 15.7. The molecule has 0 spiro atoms. The van der Waals surface area contributed by atoms with E-state index in [0.717, 1.165) is 0 Å². The molecule has 0 aromatic rings. The van der Waals surface area contributed by atoms with Crippen LogP contribution in [0.1, 0.15) is 6.92 Å². The van der Waals surface area contributed by atoms with Gasteiger partial charge in [0, 0.05) is 38.3 Å². The molecule has 0 aliphatic heterocycles. The topological polar surface area (TPSA) is 23.8 Å². The average molecular weight is 197 g/mol. The Balaban J connectivity index is -0.0000000800. The van der Waals surface area contributed by atoms with Gasteiger partial charge in [0.1, 0.15) is 0 Å². The van der Waals surface area contributed by atoms with E-state index in [1.54, 1.807) is 6.92 Å². The number of allylic oxidation sites excluding steroid dienone is 2. The zero-order valence-electron chi connectivity index (χ0n) is 5.72. The van der Waals surface area contributed by atoms with Crippen LogP contribution >= 0.6 is 0 Å². The van der Waals surface area contributed by atoms with E-state index >= 15 is 0 Å². The van der Waals surface area contributed by atoms with Crippen molar-refractivity contribution >= 4 is 0 Å². The van der Waals surface area contributed by atoms with Crippen LogP contribution in [0.5, 0.6) is 0 Å². The van der Waals surface area contributed by atoms with Gasteiger partial charge in [0.2, 0.25) is 0 Å². The van der Waals surface area contributed by atoms with E-state index < -0.39 is 0 Å². The largest absolute Gasteiger partial charge is 0.245 e. The molecule has 2 heteroatoms. The fourth-order valence-electron chi connectivity index (χ4n) is 0. The van der Waals surface area contributed by atoms with Crippen LogP contribution in [0.2, 0.25) is 0 Å². The van der Waals surface area contributed by atoms with Gasteiger partial charge in [0.05, 0.1) is 6.07 Å². The van der Waals surface area contributed by atoms with Gasteiger partial charge in [-0.1, -0.05) is 6.58 Å². The molecular weight excluding hydrogens is 187 g/mol. The Morgan fingerprint density at radius 1 is 1.78 bits per heavy atom. The number of nitriles is 1. The molecule has 0 bridgehead atoms. The molecule has 9 heavy (non-hydrogen) atoms. The van der Waals surface area contributed by atoms with Crippen molar-refractivity contribution in [3.8, 4) is 6.07 Å². The second-order valence-electron chi connectivity index (χ2n) is 1.18. The first-order chi connectivity index (χ1) is 3.68. The third kappa shape index (κ3) is 74.3. The summed E-state index contributed by atoms with van der Waals surface area (Å²) < 4.78 is 0. The molecule has 0 N–H and O–H groups in total. The van der Waals surface area contributed by atoms with Gasteiger partial charge in [-0.05, 0) is 6.92 Å². The molecule has 1 radical (unpaired) electrons. The number of hydrogen-bond acceptors (Lipinski definition) is 1. The van der Waals surface area contributed by atoms with Gasteiger partial charge < -0.3 is 0 Å². The van der Waals surface area contributed by atoms with E-state index in [0.29, 0.717) is 5.57 Å². The van der Waals surface area contributed by atoms with Crippen molar-refractivity contribution in [2.24, 2.45) is 0 Å². The third-order valence-corrected chi connectivity index (χ3v) is 0.191. The number of nitrogens with zero attached hydrogens (tertiary/aromatic N) is 1. The quantitative estimate of drug-likeness (QED) is 0.430. The zero-order chi connectivity index (χ0) is 6.99. The Labute approximate surface area is 82.3 Å². The van der Waals surface area contributed by atoms with Crippen molar-refractivity contribution in [1.29, 1.82) is 5.26 Å². The van der Waals surface area contributed by atoms with E-state index in [2.05, 4.69) is 20.1 Å². The van der Waals surface area contributed by atoms with Gasteiger partial charge in [0.25, 0.3) is 0 Å².